The second-order valence-corrected chi connectivity index (χ2v) is 0.622. The first-order valence-electron chi connectivity index (χ1n) is 1.34. The highest BCUT2D eigenvalue weighted by Gasteiger charge is 1.59. The summed E-state index contributed by atoms with van der Waals surface area (Å²) in [5.41, 5.74) is 0. The standard InChI is InChI=1S/C4H6O/c1-3-4-5-2/h2-3H,1,4H2. The quantitative estimate of drug-likeness (QED) is 0.438. The van der Waals surface area contributed by atoms with Gasteiger partial charge in [-0.3, -0.25) is 0 Å². The lowest BCUT2D eigenvalue weighted by atomic mass is 10.7. The summed E-state index contributed by atoms with van der Waals surface area (Å²) in [5.74, 6) is 0. The third-order valence-electron chi connectivity index (χ3n) is 0.214. The average Bonchev–Trinajstić information content (AvgIpc) is 1.41. The molecule has 0 fully saturated rings. The van der Waals surface area contributed by atoms with E-state index < -0.39 is 0 Å². The van der Waals surface area contributed by atoms with Gasteiger partial charge < -0.3 is 4.74 Å². The smallest absolute Gasteiger partial charge is 0.115 e. The number of hydrogen-bond acceptors (Lipinski definition) is 1. The number of ether oxygens (including phenoxy) is 1. The van der Waals surface area contributed by atoms with Gasteiger partial charge in [-0.15, -0.1) is 6.58 Å². The largest absolute Gasteiger partial charge is 0.369 e. The highest BCUT2D eigenvalue weighted by Crippen LogP contribution is 1.63. The van der Waals surface area contributed by atoms with Gasteiger partial charge in [0.05, 0.1) is 6.61 Å². The van der Waals surface area contributed by atoms with Crippen molar-refractivity contribution >= 4 is 0 Å². The maximum Gasteiger partial charge on any atom is 0.115 e. The van der Waals surface area contributed by atoms with Crippen molar-refractivity contribution in [3.05, 3.63) is 19.8 Å². The van der Waals surface area contributed by atoms with Gasteiger partial charge in [0.1, 0.15) is 7.11 Å². The van der Waals surface area contributed by atoms with Crippen LogP contribution in [0.15, 0.2) is 12.7 Å². The molecule has 1 nitrogen and oxygen atoms in total. The summed E-state index contributed by atoms with van der Waals surface area (Å²) in [6, 6.07) is 0. The van der Waals surface area contributed by atoms with Crippen molar-refractivity contribution in [2.45, 2.75) is 0 Å². The number of hydrogen-bond donors (Lipinski definition) is 0. The molecule has 0 heterocycles. The highest BCUT2D eigenvalue weighted by molar-refractivity contribution is 4.62. The van der Waals surface area contributed by atoms with Gasteiger partial charge in [-0.25, -0.2) is 0 Å². The first kappa shape index (κ1) is 4.70. The lowest BCUT2D eigenvalue weighted by Gasteiger charge is -1.78. The Morgan fingerprint density at radius 2 is 2.60 bits per heavy atom. The minimum atomic E-state index is 0.431. The van der Waals surface area contributed by atoms with E-state index >= 15 is 0 Å². The van der Waals surface area contributed by atoms with Gasteiger partial charge in [0, 0.05) is 0 Å². The molecule has 0 atom stereocenters. The molecule has 0 aromatic heterocycles. The summed E-state index contributed by atoms with van der Waals surface area (Å²) in [5, 5.41) is 0. The molecule has 0 unspecified atom stereocenters. The molecule has 2 radical (unpaired) electrons. The van der Waals surface area contributed by atoms with Crippen LogP contribution in [-0.2, 0) is 4.74 Å². The van der Waals surface area contributed by atoms with Gasteiger partial charge in [-0.05, 0) is 0 Å². The molecule has 0 aliphatic heterocycles. The van der Waals surface area contributed by atoms with Crippen molar-refractivity contribution in [3.63, 3.8) is 0 Å². The Morgan fingerprint density at radius 3 is 2.60 bits per heavy atom. The molecule has 0 saturated heterocycles. The molecule has 0 rings (SSSR count). The van der Waals surface area contributed by atoms with Crippen LogP contribution in [0.25, 0.3) is 0 Å². The second kappa shape index (κ2) is 3.70. The first-order valence-corrected chi connectivity index (χ1v) is 1.34. The molecule has 28 valence electrons. The fraction of sp³-hybridized carbons (Fsp3) is 0.250. The molecule has 0 spiro atoms. The molecule has 0 N–H and O–H groups in total. The maximum absolute atomic E-state index is 4.57. The number of rotatable bonds is 2. The van der Waals surface area contributed by atoms with Crippen molar-refractivity contribution in [3.8, 4) is 0 Å². The van der Waals surface area contributed by atoms with Gasteiger partial charge >= 0.3 is 0 Å². The molecule has 0 aromatic rings. The Hall–Kier alpha value is -0.300. The van der Waals surface area contributed by atoms with Crippen LogP contribution < -0.4 is 0 Å². The average molecular weight is 70.1 g/mol. The normalized spacial score (nSPS) is 7.40. The fourth-order valence-electron chi connectivity index (χ4n) is 0.0680. The Bertz CT molecular complexity index is 24.8. The van der Waals surface area contributed by atoms with Crippen LogP contribution in [0.1, 0.15) is 0 Å². The predicted octanol–water partition coefficient (Wildman–Crippen LogP) is 0.858. The summed E-state index contributed by atoms with van der Waals surface area (Å²) in [7, 11) is 4.57. The van der Waals surface area contributed by atoms with Gasteiger partial charge in [0.25, 0.3) is 0 Å². The third kappa shape index (κ3) is 3.70. The summed E-state index contributed by atoms with van der Waals surface area (Å²) < 4.78 is 4.07. The summed E-state index contributed by atoms with van der Waals surface area (Å²) in [4.78, 5) is 0. The highest BCUT2D eigenvalue weighted by atomic mass is 16.5. The monoisotopic (exact) mass is 70.0 g/mol. The molecular formula is C4H6O. The minimum Gasteiger partial charge on any atom is -0.369 e. The molecule has 0 bridgehead atoms. The van der Waals surface area contributed by atoms with E-state index in [1.165, 1.54) is 0 Å². The summed E-state index contributed by atoms with van der Waals surface area (Å²) in [6.07, 6.45) is 1.58. The zero-order chi connectivity index (χ0) is 4.12. The van der Waals surface area contributed by atoms with Crippen LogP contribution in [0, 0.1) is 7.11 Å². The van der Waals surface area contributed by atoms with E-state index in [0.717, 1.165) is 0 Å². The molecule has 0 aliphatic rings. The summed E-state index contributed by atoms with van der Waals surface area (Å²) in [6.45, 7) is 3.78. The van der Waals surface area contributed by atoms with E-state index in [9.17, 15) is 0 Å². The lowest BCUT2D eigenvalue weighted by Crippen LogP contribution is -1.73. The van der Waals surface area contributed by atoms with Crippen LogP contribution in [0.2, 0.25) is 0 Å². The maximum atomic E-state index is 4.57. The molecule has 0 aromatic carbocycles. The van der Waals surface area contributed by atoms with Crippen molar-refractivity contribution in [2.75, 3.05) is 6.61 Å². The third-order valence-corrected chi connectivity index (χ3v) is 0.214. The SMILES string of the molecule is [CH]OCC=C. The van der Waals surface area contributed by atoms with Gasteiger partial charge in [-0.2, -0.15) is 0 Å². The second-order valence-electron chi connectivity index (χ2n) is 0.622. The van der Waals surface area contributed by atoms with E-state index in [-0.39, 0.29) is 0 Å². The molecule has 0 amide bonds. The van der Waals surface area contributed by atoms with E-state index in [1.807, 2.05) is 0 Å². The topological polar surface area (TPSA) is 9.23 Å². The molecular weight excluding hydrogens is 64.0 g/mol. The fourth-order valence-corrected chi connectivity index (χ4v) is 0.0680. The zero-order valence-electron chi connectivity index (χ0n) is 2.98. The van der Waals surface area contributed by atoms with Crippen molar-refractivity contribution in [2.24, 2.45) is 0 Å². The molecule has 0 aliphatic carbocycles. The van der Waals surface area contributed by atoms with Crippen molar-refractivity contribution in [1.29, 1.82) is 0 Å². The van der Waals surface area contributed by atoms with E-state index in [1.54, 1.807) is 6.08 Å². The van der Waals surface area contributed by atoms with Crippen molar-refractivity contribution in [1.82, 2.24) is 0 Å². The molecule has 0 saturated carbocycles. The Labute approximate surface area is 32.3 Å². The summed E-state index contributed by atoms with van der Waals surface area (Å²) >= 11 is 0. The Morgan fingerprint density at radius 1 is 2.00 bits per heavy atom. The van der Waals surface area contributed by atoms with Crippen LogP contribution in [0.4, 0.5) is 0 Å². The van der Waals surface area contributed by atoms with Crippen LogP contribution in [-0.4, -0.2) is 6.61 Å². The zero-order valence-corrected chi connectivity index (χ0v) is 2.98. The molecule has 5 heavy (non-hydrogen) atoms. The molecule has 1 heteroatoms. The van der Waals surface area contributed by atoms with Gasteiger partial charge in [-0.1, -0.05) is 6.08 Å². The van der Waals surface area contributed by atoms with Gasteiger partial charge in [0.15, 0.2) is 0 Å². The minimum absolute atomic E-state index is 0.431. The van der Waals surface area contributed by atoms with Crippen LogP contribution in [0.3, 0.4) is 0 Å². The van der Waals surface area contributed by atoms with Crippen LogP contribution >= 0.6 is 0 Å². The van der Waals surface area contributed by atoms with Crippen molar-refractivity contribution < 1.29 is 4.74 Å². The van der Waals surface area contributed by atoms with E-state index in [0.29, 0.717) is 6.61 Å². The Balaban J connectivity index is 2.40. The van der Waals surface area contributed by atoms with Crippen LogP contribution in [0.5, 0.6) is 0 Å². The van der Waals surface area contributed by atoms with E-state index in [4.69, 9.17) is 0 Å². The Kier molecular flexibility index (Phi) is 3.48. The lowest BCUT2D eigenvalue weighted by molar-refractivity contribution is 0.282. The predicted molar refractivity (Wildman–Crippen MR) is 20.4 cm³/mol. The first-order chi connectivity index (χ1) is 2.41. The van der Waals surface area contributed by atoms with E-state index in [2.05, 4.69) is 18.4 Å². The van der Waals surface area contributed by atoms with Gasteiger partial charge in [0.2, 0.25) is 0 Å².